The second-order valence-corrected chi connectivity index (χ2v) is 7.65. The van der Waals surface area contributed by atoms with Gasteiger partial charge in [-0.3, -0.25) is 0 Å². The van der Waals surface area contributed by atoms with Crippen LogP contribution in [-0.2, 0) is 4.74 Å². The molecule has 3 rings (SSSR count). The number of hydrogen-bond acceptors (Lipinski definition) is 6. The van der Waals surface area contributed by atoms with E-state index in [0.717, 1.165) is 23.9 Å². The summed E-state index contributed by atoms with van der Waals surface area (Å²) in [6, 6.07) is 7.75. The number of likely N-dealkylation sites (tertiary alicyclic amines) is 1. The van der Waals surface area contributed by atoms with Gasteiger partial charge in [-0.05, 0) is 52.7 Å². The minimum atomic E-state index is -0.496. The van der Waals surface area contributed by atoms with Crippen LogP contribution in [0.15, 0.2) is 24.3 Å². The molecule has 7 heteroatoms. The van der Waals surface area contributed by atoms with Crippen LogP contribution in [0.5, 0.6) is 5.88 Å². The maximum absolute atomic E-state index is 12.5. The van der Waals surface area contributed by atoms with E-state index in [9.17, 15) is 4.79 Å². The quantitative estimate of drug-likeness (QED) is 0.859. The maximum Gasteiger partial charge on any atom is 0.410 e. The molecule has 2 heterocycles. The molecule has 2 aromatic rings. The van der Waals surface area contributed by atoms with Crippen LogP contribution < -0.4 is 10.1 Å². The molecule has 0 radical (unpaired) electrons. The molecule has 0 saturated carbocycles. The number of nitrogens with zero attached hydrogens (tertiary/aromatic N) is 3. The van der Waals surface area contributed by atoms with E-state index >= 15 is 0 Å². The number of rotatable bonds is 5. The van der Waals surface area contributed by atoms with Crippen molar-refractivity contribution in [1.82, 2.24) is 14.9 Å². The SMILES string of the molecule is CCOc1nc2ccccc2nc1NC[C@@H]1CCCN1C(=O)OC(C)(C)C. The lowest BCUT2D eigenvalue weighted by Crippen LogP contribution is -2.42. The number of nitrogens with one attached hydrogen (secondary N) is 1. The number of carbonyl (C=O) groups is 1. The summed E-state index contributed by atoms with van der Waals surface area (Å²) in [5.41, 5.74) is 1.10. The second kappa shape index (κ2) is 7.98. The van der Waals surface area contributed by atoms with Crippen molar-refractivity contribution >= 4 is 22.9 Å². The Morgan fingerprint density at radius 2 is 1.96 bits per heavy atom. The highest BCUT2D eigenvalue weighted by molar-refractivity contribution is 5.77. The number of aromatic nitrogens is 2. The third-order valence-electron chi connectivity index (χ3n) is 4.33. The van der Waals surface area contributed by atoms with E-state index in [1.807, 2.05) is 52.0 Å². The fourth-order valence-corrected chi connectivity index (χ4v) is 3.16. The number of para-hydroxylation sites is 2. The lowest BCUT2D eigenvalue weighted by Gasteiger charge is -2.28. The smallest absolute Gasteiger partial charge is 0.410 e. The summed E-state index contributed by atoms with van der Waals surface area (Å²) in [6.07, 6.45) is 1.63. The van der Waals surface area contributed by atoms with Crippen molar-refractivity contribution in [2.45, 2.75) is 52.2 Å². The predicted molar refractivity (Wildman–Crippen MR) is 105 cm³/mol. The van der Waals surface area contributed by atoms with Gasteiger partial charge in [0, 0.05) is 13.1 Å². The van der Waals surface area contributed by atoms with Crippen molar-refractivity contribution in [3.8, 4) is 5.88 Å². The molecule has 1 aromatic carbocycles. The predicted octanol–water partition coefficient (Wildman–Crippen LogP) is 3.84. The van der Waals surface area contributed by atoms with Crippen LogP contribution in [0, 0.1) is 0 Å². The molecule has 0 bridgehead atoms. The lowest BCUT2D eigenvalue weighted by atomic mass is 10.2. The summed E-state index contributed by atoms with van der Waals surface area (Å²) in [5, 5.41) is 3.33. The number of carbonyl (C=O) groups excluding carboxylic acids is 1. The van der Waals surface area contributed by atoms with Gasteiger partial charge >= 0.3 is 6.09 Å². The van der Waals surface area contributed by atoms with E-state index in [1.165, 1.54) is 0 Å². The molecular weight excluding hydrogens is 344 g/mol. The summed E-state index contributed by atoms with van der Waals surface area (Å²) in [7, 11) is 0. The molecule has 1 fully saturated rings. The highest BCUT2D eigenvalue weighted by atomic mass is 16.6. The van der Waals surface area contributed by atoms with E-state index in [0.29, 0.717) is 31.4 Å². The van der Waals surface area contributed by atoms with Crippen LogP contribution in [0.4, 0.5) is 10.6 Å². The first-order valence-corrected chi connectivity index (χ1v) is 9.50. The number of hydrogen-bond donors (Lipinski definition) is 1. The number of benzene rings is 1. The largest absolute Gasteiger partial charge is 0.475 e. The first-order chi connectivity index (χ1) is 12.9. The average Bonchev–Trinajstić information content (AvgIpc) is 3.07. The van der Waals surface area contributed by atoms with Crippen molar-refractivity contribution < 1.29 is 14.3 Å². The summed E-state index contributed by atoms with van der Waals surface area (Å²) in [5.74, 6) is 1.09. The van der Waals surface area contributed by atoms with Crippen LogP contribution in [0.3, 0.4) is 0 Å². The molecule has 1 amide bonds. The molecular formula is C20H28N4O3. The molecule has 0 unspecified atom stereocenters. The molecule has 146 valence electrons. The second-order valence-electron chi connectivity index (χ2n) is 7.65. The minimum absolute atomic E-state index is 0.0580. The normalized spacial score (nSPS) is 17.2. The van der Waals surface area contributed by atoms with Gasteiger partial charge in [-0.2, -0.15) is 0 Å². The van der Waals surface area contributed by atoms with Gasteiger partial charge in [0.2, 0.25) is 0 Å². The van der Waals surface area contributed by atoms with Gasteiger partial charge in [-0.15, -0.1) is 0 Å². The highest BCUT2D eigenvalue weighted by Crippen LogP contribution is 2.25. The molecule has 1 aliphatic rings. The summed E-state index contributed by atoms with van der Waals surface area (Å²) >= 11 is 0. The summed E-state index contributed by atoms with van der Waals surface area (Å²) < 4.78 is 11.2. The average molecular weight is 372 g/mol. The first kappa shape index (κ1) is 19.2. The van der Waals surface area contributed by atoms with E-state index in [2.05, 4.69) is 15.3 Å². The van der Waals surface area contributed by atoms with Gasteiger partial charge in [0.15, 0.2) is 5.82 Å². The highest BCUT2D eigenvalue weighted by Gasteiger charge is 2.32. The van der Waals surface area contributed by atoms with Crippen LogP contribution >= 0.6 is 0 Å². The zero-order chi connectivity index (χ0) is 19.4. The molecule has 1 aliphatic heterocycles. The fourth-order valence-electron chi connectivity index (χ4n) is 3.16. The van der Waals surface area contributed by atoms with Gasteiger partial charge in [0.1, 0.15) is 5.60 Å². The van der Waals surface area contributed by atoms with Crippen LogP contribution in [0.25, 0.3) is 11.0 Å². The lowest BCUT2D eigenvalue weighted by molar-refractivity contribution is 0.0235. The monoisotopic (exact) mass is 372 g/mol. The Morgan fingerprint density at radius 1 is 1.26 bits per heavy atom. The molecule has 1 aromatic heterocycles. The molecule has 1 atom stereocenters. The molecule has 7 nitrogen and oxygen atoms in total. The third kappa shape index (κ3) is 4.78. The molecule has 0 aliphatic carbocycles. The molecule has 1 N–H and O–H groups in total. The van der Waals surface area contributed by atoms with Crippen molar-refractivity contribution in [1.29, 1.82) is 0 Å². The zero-order valence-electron chi connectivity index (χ0n) is 16.5. The van der Waals surface area contributed by atoms with Gasteiger partial charge < -0.3 is 19.7 Å². The van der Waals surface area contributed by atoms with Crippen LogP contribution in [0.1, 0.15) is 40.5 Å². The molecule has 27 heavy (non-hydrogen) atoms. The Kier molecular flexibility index (Phi) is 5.68. The van der Waals surface area contributed by atoms with Gasteiger partial charge in [0.05, 0.1) is 23.7 Å². The topological polar surface area (TPSA) is 76.6 Å². The van der Waals surface area contributed by atoms with E-state index < -0.39 is 5.60 Å². The van der Waals surface area contributed by atoms with Crippen LogP contribution in [-0.4, -0.2) is 52.3 Å². The number of ether oxygens (including phenoxy) is 2. The van der Waals surface area contributed by atoms with E-state index in [-0.39, 0.29) is 12.1 Å². The standard InChI is InChI=1S/C20H28N4O3/c1-5-26-18-17(22-15-10-6-7-11-16(15)23-18)21-13-14-9-8-12-24(14)19(25)27-20(2,3)4/h6-7,10-11,14H,5,8-9,12-13H2,1-4H3,(H,21,22)/t14-/m0/s1. The Balaban J connectivity index is 1.73. The van der Waals surface area contributed by atoms with Crippen molar-refractivity contribution in [3.05, 3.63) is 24.3 Å². The van der Waals surface area contributed by atoms with E-state index in [4.69, 9.17) is 9.47 Å². The van der Waals surface area contributed by atoms with Crippen molar-refractivity contribution in [2.24, 2.45) is 0 Å². The zero-order valence-corrected chi connectivity index (χ0v) is 16.5. The van der Waals surface area contributed by atoms with Crippen LogP contribution in [0.2, 0.25) is 0 Å². The van der Waals surface area contributed by atoms with Gasteiger partial charge in [0.25, 0.3) is 5.88 Å². The third-order valence-corrected chi connectivity index (χ3v) is 4.33. The summed E-state index contributed by atoms with van der Waals surface area (Å²) in [4.78, 5) is 23.5. The van der Waals surface area contributed by atoms with Crippen molar-refractivity contribution in [3.63, 3.8) is 0 Å². The van der Waals surface area contributed by atoms with Gasteiger partial charge in [-0.1, -0.05) is 12.1 Å². The number of amides is 1. The Hall–Kier alpha value is -2.57. The Morgan fingerprint density at radius 3 is 2.63 bits per heavy atom. The van der Waals surface area contributed by atoms with E-state index in [1.54, 1.807) is 4.90 Å². The van der Waals surface area contributed by atoms with Crippen molar-refractivity contribution in [2.75, 3.05) is 25.0 Å². The summed E-state index contributed by atoms with van der Waals surface area (Å²) in [6.45, 7) is 9.36. The number of fused-ring (bicyclic) bond motifs is 1. The molecule has 1 saturated heterocycles. The van der Waals surface area contributed by atoms with Gasteiger partial charge in [-0.25, -0.2) is 14.8 Å². The Labute approximate surface area is 160 Å². The number of anilines is 1. The first-order valence-electron chi connectivity index (χ1n) is 9.50. The molecule has 0 spiro atoms. The maximum atomic E-state index is 12.5. The minimum Gasteiger partial charge on any atom is -0.475 e. The Bertz CT molecular complexity index is 803. The fraction of sp³-hybridized carbons (Fsp3) is 0.550.